The van der Waals surface area contributed by atoms with Crippen LogP contribution in [0.2, 0.25) is 0 Å². The van der Waals surface area contributed by atoms with Crippen molar-refractivity contribution < 1.29 is 34.1 Å². The Bertz CT molecular complexity index is 744. The van der Waals surface area contributed by atoms with Gasteiger partial charge in [0.05, 0.1) is 12.5 Å². The van der Waals surface area contributed by atoms with Crippen molar-refractivity contribution in [1.82, 2.24) is 0 Å². The molecule has 152 valence electrons. The second-order valence-corrected chi connectivity index (χ2v) is 6.88. The molecule has 4 atom stereocenters. The quantitative estimate of drug-likeness (QED) is 0.317. The Labute approximate surface area is 164 Å². The molecular formula is C21H26O7. The van der Waals surface area contributed by atoms with Gasteiger partial charge in [0.25, 0.3) is 0 Å². The zero-order chi connectivity index (χ0) is 20.8. The van der Waals surface area contributed by atoms with Crippen molar-refractivity contribution in [3.63, 3.8) is 0 Å². The minimum absolute atomic E-state index is 0.0470. The van der Waals surface area contributed by atoms with E-state index in [1.54, 1.807) is 32.1 Å². The Morgan fingerprint density at radius 2 is 2.18 bits per heavy atom. The SMILES string of the molecule is C=C1C(=O)O[C@@H]2/C=C(\CO)CC/C=C(/CC=O)[C@H](O)[C@@H](OC(=O)/C(C)=C\C)[C@@H]12. The molecule has 0 aromatic heterocycles. The number of aliphatic hydroxyl groups is 2. The fourth-order valence-electron chi connectivity index (χ4n) is 3.32. The molecule has 1 heterocycles. The van der Waals surface area contributed by atoms with E-state index in [4.69, 9.17) is 9.47 Å². The van der Waals surface area contributed by atoms with Gasteiger partial charge in [-0.15, -0.1) is 0 Å². The van der Waals surface area contributed by atoms with Crippen molar-refractivity contribution in [3.8, 4) is 0 Å². The van der Waals surface area contributed by atoms with Crippen molar-refractivity contribution in [1.29, 1.82) is 0 Å². The van der Waals surface area contributed by atoms with Crippen LogP contribution in [0, 0.1) is 5.92 Å². The molecule has 0 amide bonds. The number of allylic oxidation sites excluding steroid dienone is 2. The van der Waals surface area contributed by atoms with E-state index in [2.05, 4.69) is 6.58 Å². The third-order valence-electron chi connectivity index (χ3n) is 5.10. The van der Waals surface area contributed by atoms with E-state index in [1.807, 2.05) is 0 Å². The number of aliphatic hydroxyl groups excluding tert-OH is 2. The van der Waals surface area contributed by atoms with Crippen LogP contribution >= 0.6 is 0 Å². The second-order valence-electron chi connectivity index (χ2n) is 6.88. The Hall–Kier alpha value is -2.51. The maximum atomic E-state index is 12.4. The van der Waals surface area contributed by atoms with E-state index >= 15 is 0 Å². The van der Waals surface area contributed by atoms with Crippen LogP contribution in [0.25, 0.3) is 0 Å². The molecular weight excluding hydrogens is 364 g/mol. The van der Waals surface area contributed by atoms with Crippen molar-refractivity contribution in [3.05, 3.63) is 47.1 Å². The first-order chi connectivity index (χ1) is 13.3. The maximum Gasteiger partial charge on any atom is 0.334 e. The molecule has 7 heteroatoms. The Kier molecular flexibility index (Phi) is 7.48. The monoisotopic (exact) mass is 390 g/mol. The summed E-state index contributed by atoms with van der Waals surface area (Å²) < 4.78 is 10.9. The van der Waals surface area contributed by atoms with Crippen molar-refractivity contribution in [2.45, 2.75) is 51.4 Å². The summed E-state index contributed by atoms with van der Waals surface area (Å²) in [6.07, 6.45) is 3.13. The van der Waals surface area contributed by atoms with Gasteiger partial charge in [-0.25, -0.2) is 9.59 Å². The lowest BCUT2D eigenvalue weighted by molar-refractivity contribution is -0.153. The third kappa shape index (κ3) is 4.66. The summed E-state index contributed by atoms with van der Waals surface area (Å²) in [5.74, 6) is -2.14. The van der Waals surface area contributed by atoms with Crippen LogP contribution in [-0.4, -0.2) is 53.4 Å². The highest BCUT2D eigenvalue weighted by atomic mass is 16.6. The summed E-state index contributed by atoms with van der Waals surface area (Å²) >= 11 is 0. The highest BCUT2D eigenvalue weighted by Gasteiger charge is 2.47. The zero-order valence-corrected chi connectivity index (χ0v) is 16.1. The van der Waals surface area contributed by atoms with Crippen molar-refractivity contribution >= 4 is 18.2 Å². The van der Waals surface area contributed by atoms with Crippen LogP contribution in [0.15, 0.2) is 47.1 Å². The Morgan fingerprint density at radius 1 is 1.46 bits per heavy atom. The predicted molar refractivity (Wildman–Crippen MR) is 101 cm³/mol. The highest BCUT2D eigenvalue weighted by molar-refractivity contribution is 5.92. The average molecular weight is 390 g/mol. The number of ether oxygens (including phenoxy) is 2. The van der Waals surface area contributed by atoms with Crippen LogP contribution < -0.4 is 0 Å². The molecule has 2 aliphatic rings. The smallest absolute Gasteiger partial charge is 0.334 e. The molecule has 2 rings (SSSR count). The molecule has 2 N–H and O–H groups in total. The lowest BCUT2D eigenvalue weighted by Gasteiger charge is -2.31. The molecule has 7 nitrogen and oxygen atoms in total. The number of hydrogen-bond donors (Lipinski definition) is 2. The fourth-order valence-corrected chi connectivity index (χ4v) is 3.32. The summed E-state index contributed by atoms with van der Waals surface area (Å²) in [6, 6.07) is 0. The van der Waals surface area contributed by atoms with Gasteiger partial charge in [0.1, 0.15) is 24.6 Å². The largest absolute Gasteiger partial charge is 0.455 e. The fraction of sp³-hybridized carbons (Fsp3) is 0.476. The normalized spacial score (nSPS) is 32.4. The third-order valence-corrected chi connectivity index (χ3v) is 5.10. The standard InChI is InChI=1S/C21H26O7/c1-4-12(2)20(25)28-19-17-13(3)21(26)27-16(17)10-14(11-23)6-5-7-15(8-9-22)18(19)24/h4,7,9-10,16-19,23-24H,3,5-6,8,11H2,1-2H3/b12-4-,14-10-,15-7-/t16-,17+,18+,19+/m1/s1. The van der Waals surface area contributed by atoms with Crippen LogP contribution in [-0.2, 0) is 23.9 Å². The summed E-state index contributed by atoms with van der Waals surface area (Å²) in [5.41, 5.74) is 1.44. The van der Waals surface area contributed by atoms with E-state index in [9.17, 15) is 24.6 Å². The van der Waals surface area contributed by atoms with Crippen LogP contribution in [0.3, 0.4) is 0 Å². The van der Waals surface area contributed by atoms with Crippen LogP contribution in [0.4, 0.5) is 0 Å². The molecule has 0 bridgehead atoms. The van der Waals surface area contributed by atoms with Crippen LogP contribution in [0.5, 0.6) is 0 Å². The van der Waals surface area contributed by atoms with Gasteiger partial charge in [-0.3, -0.25) is 0 Å². The first kappa shape index (κ1) is 21.8. The van der Waals surface area contributed by atoms with E-state index < -0.39 is 36.2 Å². The summed E-state index contributed by atoms with van der Waals surface area (Å²) in [4.78, 5) is 35.7. The number of hydrogen-bond acceptors (Lipinski definition) is 7. The van der Waals surface area contributed by atoms with Gasteiger partial charge in [0.2, 0.25) is 0 Å². The highest BCUT2D eigenvalue weighted by Crippen LogP contribution is 2.37. The predicted octanol–water partition coefficient (Wildman–Crippen LogP) is 1.55. The molecule has 1 fully saturated rings. The van der Waals surface area contributed by atoms with Crippen LogP contribution in [0.1, 0.15) is 33.1 Å². The molecule has 28 heavy (non-hydrogen) atoms. The molecule has 0 aromatic carbocycles. The zero-order valence-electron chi connectivity index (χ0n) is 16.1. The number of esters is 2. The minimum Gasteiger partial charge on any atom is -0.455 e. The number of carbonyl (C=O) groups excluding carboxylic acids is 3. The van der Waals surface area contributed by atoms with Crippen molar-refractivity contribution in [2.75, 3.05) is 6.61 Å². The minimum atomic E-state index is -1.30. The van der Waals surface area contributed by atoms with Gasteiger partial charge >= 0.3 is 11.9 Å². The average Bonchev–Trinajstić information content (AvgIpc) is 2.96. The molecule has 1 aliphatic heterocycles. The molecule has 1 aliphatic carbocycles. The molecule has 0 aromatic rings. The number of rotatable bonds is 5. The molecule has 0 spiro atoms. The topological polar surface area (TPSA) is 110 Å². The summed E-state index contributed by atoms with van der Waals surface area (Å²) in [6.45, 7) is 6.78. The number of carbonyl (C=O) groups is 3. The summed E-state index contributed by atoms with van der Waals surface area (Å²) in [5, 5.41) is 20.6. The molecule has 0 saturated carbocycles. The number of aldehydes is 1. The first-order valence-electron chi connectivity index (χ1n) is 9.18. The van der Waals surface area contributed by atoms with E-state index in [0.29, 0.717) is 35.8 Å². The first-order valence-corrected chi connectivity index (χ1v) is 9.18. The maximum absolute atomic E-state index is 12.4. The second kappa shape index (κ2) is 9.61. The lowest BCUT2D eigenvalue weighted by atomic mass is 9.83. The van der Waals surface area contributed by atoms with Gasteiger partial charge in [0.15, 0.2) is 0 Å². The summed E-state index contributed by atoms with van der Waals surface area (Å²) in [7, 11) is 0. The molecule has 1 saturated heterocycles. The van der Waals surface area contributed by atoms with E-state index in [0.717, 1.165) is 0 Å². The van der Waals surface area contributed by atoms with Gasteiger partial charge in [0, 0.05) is 17.6 Å². The van der Waals surface area contributed by atoms with Gasteiger partial charge in [-0.2, -0.15) is 0 Å². The van der Waals surface area contributed by atoms with E-state index in [-0.39, 0.29) is 18.6 Å². The van der Waals surface area contributed by atoms with Gasteiger partial charge in [-0.1, -0.05) is 18.7 Å². The Balaban J connectivity index is 2.54. The molecule has 0 radical (unpaired) electrons. The van der Waals surface area contributed by atoms with E-state index in [1.165, 1.54) is 0 Å². The van der Waals surface area contributed by atoms with Crippen molar-refractivity contribution in [2.24, 2.45) is 5.92 Å². The van der Waals surface area contributed by atoms with Gasteiger partial charge in [-0.05, 0) is 43.9 Å². The molecule has 0 unspecified atom stereocenters. The van der Waals surface area contributed by atoms with Gasteiger partial charge < -0.3 is 24.5 Å². The Morgan fingerprint density at radius 3 is 2.79 bits per heavy atom. The number of fused-ring (bicyclic) bond motifs is 1. The lowest BCUT2D eigenvalue weighted by Crippen LogP contribution is -2.43.